The number of aromatic nitrogens is 9. The third-order valence-corrected chi connectivity index (χ3v) is 14.5. The summed E-state index contributed by atoms with van der Waals surface area (Å²) >= 11 is 28.5. The van der Waals surface area contributed by atoms with E-state index in [0.717, 1.165) is 13.4 Å². The van der Waals surface area contributed by atoms with E-state index in [4.69, 9.17) is 49.0 Å². The van der Waals surface area contributed by atoms with Crippen LogP contribution in [0.4, 0.5) is 0 Å². The summed E-state index contributed by atoms with van der Waals surface area (Å²) in [5.41, 5.74) is 7.11. The average molecular weight is 1420 g/mol. The first-order chi connectivity index (χ1) is 40.5. The van der Waals surface area contributed by atoms with E-state index in [2.05, 4.69) is 78.4 Å². The average Bonchev–Trinajstić information content (AvgIpc) is 3.14. The number of benzene rings is 9. The highest BCUT2D eigenvalue weighted by molar-refractivity contribution is 9.11. The molecule has 87 heavy (non-hydrogen) atoms. The van der Waals surface area contributed by atoms with Crippen molar-refractivity contribution in [2.45, 2.75) is 40.6 Å². The second-order valence-electron chi connectivity index (χ2n) is 17.9. The van der Waals surface area contributed by atoms with E-state index >= 15 is 0 Å². The molecule has 0 aliphatic rings. The summed E-state index contributed by atoms with van der Waals surface area (Å²) in [6.07, 6.45) is -3.59. The predicted molar refractivity (Wildman–Crippen MR) is 347 cm³/mol. The van der Waals surface area contributed by atoms with Gasteiger partial charge in [-0.15, -0.1) is 45.0 Å². The molecule has 0 saturated carbocycles. The lowest BCUT2D eigenvalue weighted by molar-refractivity contribution is -0.146. The minimum atomic E-state index is -1.20. The Morgan fingerprint density at radius 1 is 0.345 bits per heavy atom. The SMILES string of the molecule is C.C.C.O=C(O)C(Oc1ccc(Cl)cc1-n1nc2ccccc2n1)c1ccc(Br)cc1.O=C(O)C(Oc1ccc(Cl)cc1-n1nc2ccccc2n1)c1ccc(Br)cc1.O=C(O)C(Oc1ccc(Cl)cc1-n1nc2ccccc2n1)c1ccc(Br)cc1. The van der Waals surface area contributed by atoms with Gasteiger partial charge in [0.1, 0.15) is 67.4 Å². The van der Waals surface area contributed by atoms with Crippen LogP contribution in [0.2, 0.25) is 15.1 Å². The van der Waals surface area contributed by atoms with Gasteiger partial charge in [0.05, 0.1) is 0 Å². The summed E-state index contributed by atoms with van der Waals surface area (Å²) in [5.74, 6) is -2.41. The molecule has 0 aliphatic heterocycles. The minimum absolute atomic E-state index is 0. The van der Waals surface area contributed by atoms with Crippen LogP contribution in [0.3, 0.4) is 0 Å². The van der Waals surface area contributed by atoms with Gasteiger partial charge in [0.25, 0.3) is 0 Å². The highest BCUT2D eigenvalue weighted by Crippen LogP contribution is 2.35. The number of carboxylic acid groups (broad SMARTS) is 3. The largest absolute Gasteiger partial charge is 0.478 e. The third-order valence-electron chi connectivity index (χ3n) is 12.2. The second kappa shape index (κ2) is 29.6. The number of aliphatic carboxylic acids is 3. The lowest BCUT2D eigenvalue weighted by Gasteiger charge is -2.18. The zero-order chi connectivity index (χ0) is 59.0. The van der Waals surface area contributed by atoms with Gasteiger partial charge in [0.15, 0.2) is 0 Å². The summed E-state index contributed by atoms with van der Waals surface area (Å²) in [4.78, 5) is 39.7. The molecule has 3 N–H and O–H groups in total. The number of carbonyl (C=O) groups is 3. The fourth-order valence-electron chi connectivity index (χ4n) is 8.22. The summed E-state index contributed by atoms with van der Waals surface area (Å²) < 4.78 is 20.1. The van der Waals surface area contributed by atoms with E-state index in [1.54, 1.807) is 127 Å². The van der Waals surface area contributed by atoms with E-state index < -0.39 is 36.2 Å². The fourth-order valence-corrected chi connectivity index (χ4v) is 9.51. The Kier molecular flexibility index (Phi) is 22.4. The van der Waals surface area contributed by atoms with Gasteiger partial charge in [0.2, 0.25) is 18.3 Å². The molecule has 3 atom stereocenters. The maximum atomic E-state index is 11.8. The molecular weight excluding hydrogens is 1370 g/mol. The Labute approximate surface area is 538 Å². The van der Waals surface area contributed by atoms with Crippen molar-refractivity contribution in [2.75, 3.05) is 0 Å². The minimum Gasteiger partial charge on any atom is -0.478 e. The van der Waals surface area contributed by atoms with E-state index in [0.29, 0.717) is 99.2 Å². The molecule has 444 valence electrons. The van der Waals surface area contributed by atoms with E-state index in [9.17, 15) is 29.7 Å². The number of carboxylic acids is 3. The van der Waals surface area contributed by atoms with Gasteiger partial charge in [0, 0.05) is 45.2 Å². The van der Waals surface area contributed by atoms with Crippen LogP contribution in [-0.2, 0) is 14.4 Å². The number of halogens is 6. The molecule has 0 fully saturated rings. The van der Waals surface area contributed by atoms with Crippen LogP contribution in [0.15, 0.2) is 214 Å². The van der Waals surface area contributed by atoms with E-state index in [1.807, 2.05) is 72.8 Å². The standard InChI is InChI=1S/3C20H13BrClN3O3.3CH4/c3*21-13-7-5-12(6-8-13)19(20(26)27)28-18-10-9-14(22)11-17(18)25-23-15-3-1-2-4-16(15)24-25;;;/h3*1-11,19H,(H,26,27);3*1H4. The van der Waals surface area contributed by atoms with Gasteiger partial charge in [-0.05, 0) is 127 Å². The zero-order valence-corrected chi connectivity index (χ0v) is 49.9. The van der Waals surface area contributed by atoms with Crippen molar-refractivity contribution in [3.8, 4) is 34.3 Å². The van der Waals surface area contributed by atoms with Crippen LogP contribution >= 0.6 is 82.6 Å². The van der Waals surface area contributed by atoms with Gasteiger partial charge < -0.3 is 29.5 Å². The van der Waals surface area contributed by atoms with Crippen LogP contribution in [0.1, 0.15) is 57.3 Å². The van der Waals surface area contributed by atoms with Crippen LogP contribution < -0.4 is 14.2 Å². The van der Waals surface area contributed by atoms with Crippen LogP contribution in [-0.4, -0.2) is 78.2 Å². The molecule has 24 heteroatoms. The topological polar surface area (TPSA) is 232 Å². The summed E-state index contributed by atoms with van der Waals surface area (Å²) in [5, 5.41) is 57.0. The summed E-state index contributed by atoms with van der Waals surface area (Å²) in [6.45, 7) is 0. The lowest BCUT2D eigenvalue weighted by Crippen LogP contribution is -2.19. The molecule has 3 heterocycles. The fraction of sp³-hybridized carbons (Fsp3) is 0.0952. The van der Waals surface area contributed by atoms with Crippen molar-refractivity contribution < 1.29 is 43.9 Å². The number of rotatable bonds is 15. The number of fused-ring (bicyclic) bond motifs is 3. The molecule has 3 unspecified atom stereocenters. The first-order valence-electron chi connectivity index (χ1n) is 24.8. The number of hydrogen-bond donors (Lipinski definition) is 3. The van der Waals surface area contributed by atoms with Gasteiger partial charge in [-0.25, -0.2) is 14.4 Å². The number of hydrogen-bond acceptors (Lipinski definition) is 12. The third kappa shape index (κ3) is 16.0. The molecule has 0 bridgehead atoms. The van der Waals surface area contributed by atoms with Crippen molar-refractivity contribution in [1.82, 2.24) is 45.0 Å². The van der Waals surface area contributed by atoms with Crippen LogP contribution in [0.5, 0.6) is 17.2 Å². The molecule has 9 aromatic carbocycles. The summed E-state index contributed by atoms with van der Waals surface area (Å²) in [7, 11) is 0. The lowest BCUT2D eigenvalue weighted by atomic mass is 10.1. The molecule has 0 aliphatic carbocycles. The molecular formula is C63H51Br3Cl3N9O9. The Hall–Kier alpha value is -8.70. The molecule has 12 rings (SSSR count). The monoisotopic (exact) mass is 1420 g/mol. The van der Waals surface area contributed by atoms with Crippen molar-refractivity contribution in [3.63, 3.8) is 0 Å². The van der Waals surface area contributed by atoms with Crippen molar-refractivity contribution >= 4 is 134 Å². The van der Waals surface area contributed by atoms with Gasteiger partial charge in [-0.3, -0.25) is 0 Å². The predicted octanol–water partition coefficient (Wildman–Crippen LogP) is 17.0. The van der Waals surface area contributed by atoms with Crippen molar-refractivity contribution in [2.24, 2.45) is 0 Å². The van der Waals surface area contributed by atoms with Gasteiger partial charge >= 0.3 is 17.9 Å². The highest BCUT2D eigenvalue weighted by atomic mass is 79.9. The molecule has 0 amide bonds. The normalized spacial score (nSPS) is 11.7. The van der Waals surface area contributed by atoms with Crippen LogP contribution in [0, 0.1) is 0 Å². The smallest absolute Gasteiger partial charge is 0.349 e. The van der Waals surface area contributed by atoms with Crippen LogP contribution in [0.25, 0.3) is 50.2 Å². The van der Waals surface area contributed by atoms with Gasteiger partial charge in [-0.1, -0.05) is 178 Å². The molecule has 12 aromatic rings. The number of nitrogens with zero attached hydrogens (tertiary/aromatic N) is 9. The van der Waals surface area contributed by atoms with Crippen molar-refractivity contribution in [3.05, 3.63) is 245 Å². The maximum Gasteiger partial charge on any atom is 0.349 e. The Bertz CT molecular complexity index is 3830. The molecule has 0 radical (unpaired) electrons. The second-order valence-corrected chi connectivity index (χ2v) is 22.0. The first-order valence-corrected chi connectivity index (χ1v) is 28.4. The van der Waals surface area contributed by atoms with Crippen molar-refractivity contribution in [1.29, 1.82) is 0 Å². The Balaban J connectivity index is 0.000000183. The maximum absolute atomic E-state index is 11.8. The highest BCUT2D eigenvalue weighted by Gasteiger charge is 2.27. The zero-order valence-electron chi connectivity index (χ0n) is 42.9. The first kappa shape index (κ1) is 65.8. The Morgan fingerprint density at radius 3 is 0.747 bits per heavy atom. The quantitative estimate of drug-likeness (QED) is 0.0866. The van der Waals surface area contributed by atoms with Gasteiger partial charge in [-0.2, -0.15) is 0 Å². The molecule has 0 saturated heterocycles. The number of ether oxygens (including phenoxy) is 3. The molecule has 3 aromatic heterocycles. The molecule has 18 nitrogen and oxygen atoms in total. The molecule has 0 spiro atoms. The van der Waals surface area contributed by atoms with E-state index in [-0.39, 0.29) is 22.3 Å². The summed E-state index contributed by atoms with van der Waals surface area (Å²) in [6, 6.07) is 57.6. The van der Waals surface area contributed by atoms with E-state index in [1.165, 1.54) is 14.4 Å². The Morgan fingerprint density at radius 2 is 0.552 bits per heavy atom.